The molecule has 0 atom stereocenters. The van der Waals surface area contributed by atoms with E-state index >= 15 is 0 Å². The number of rotatable bonds is 5. The van der Waals surface area contributed by atoms with Gasteiger partial charge in [-0.2, -0.15) is 0 Å². The lowest BCUT2D eigenvalue weighted by molar-refractivity contribution is 1.10. The second-order valence-corrected chi connectivity index (χ2v) is 11.8. The third-order valence-corrected chi connectivity index (χ3v) is 9.13. The van der Waals surface area contributed by atoms with E-state index in [0.717, 1.165) is 39.2 Å². The molecule has 2 heterocycles. The average Bonchev–Trinajstić information content (AvgIpc) is 3.54. The lowest BCUT2D eigenvalue weighted by Crippen LogP contribution is -1.99. The first-order valence-electron chi connectivity index (χ1n) is 15.9. The molecule has 0 saturated heterocycles. The van der Waals surface area contributed by atoms with E-state index in [1.54, 1.807) is 0 Å². The molecular weight excluding hydrogens is 571 g/mol. The molecule has 0 N–H and O–H groups in total. The molecule has 0 aliphatic rings. The fourth-order valence-electron chi connectivity index (χ4n) is 7.13. The maximum atomic E-state index is 5.27. The zero-order valence-electron chi connectivity index (χ0n) is 25.6. The largest absolute Gasteiger partial charge is 0.292 e. The maximum absolute atomic E-state index is 5.27. The van der Waals surface area contributed by atoms with Gasteiger partial charge in [0, 0.05) is 23.6 Å². The van der Waals surface area contributed by atoms with Gasteiger partial charge in [-0.25, -0.2) is 4.98 Å². The molecule has 9 rings (SSSR count). The minimum atomic E-state index is 0.924. The van der Waals surface area contributed by atoms with Crippen molar-refractivity contribution in [2.75, 3.05) is 0 Å². The zero-order valence-corrected chi connectivity index (χ0v) is 25.6. The maximum Gasteiger partial charge on any atom is 0.146 e. The SMILES string of the molecule is c1ccc(-n2c(-c3ccccc3-c3c4ccccc4c(-c4ccccc4-c4ccncc4)c4ccccc34)nc3ccccc32)cc1. The van der Waals surface area contributed by atoms with Crippen molar-refractivity contribution in [2.45, 2.75) is 0 Å². The Bertz CT molecular complexity index is 2510. The van der Waals surface area contributed by atoms with Gasteiger partial charge in [-0.15, -0.1) is 0 Å². The standard InChI is InChI=1S/C44H29N3/c1-2-14-31(15-3-1)47-41-25-13-12-24-40(41)46-44(47)39-23-11-10-22-38(39)43-36-20-8-6-18-34(36)42(35-19-7-9-21-37(35)43)33-17-5-4-16-32(33)30-26-28-45-29-27-30/h1-29H. The van der Waals surface area contributed by atoms with Crippen LogP contribution in [0.3, 0.4) is 0 Å². The van der Waals surface area contributed by atoms with Gasteiger partial charge in [0.1, 0.15) is 5.82 Å². The molecule has 0 fully saturated rings. The molecule has 0 saturated carbocycles. The number of aromatic nitrogens is 3. The van der Waals surface area contributed by atoms with E-state index < -0.39 is 0 Å². The topological polar surface area (TPSA) is 30.7 Å². The Kier molecular flexibility index (Phi) is 6.46. The van der Waals surface area contributed by atoms with Gasteiger partial charge in [0.15, 0.2) is 0 Å². The summed E-state index contributed by atoms with van der Waals surface area (Å²) in [6.07, 6.45) is 3.73. The Labute approximate surface area is 273 Å². The third-order valence-electron chi connectivity index (χ3n) is 9.13. The predicted molar refractivity (Wildman–Crippen MR) is 196 cm³/mol. The number of hydrogen-bond acceptors (Lipinski definition) is 2. The molecule has 0 amide bonds. The van der Waals surface area contributed by atoms with E-state index in [2.05, 4.69) is 173 Å². The summed E-state index contributed by atoms with van der Waals surface area (Å²) in [6.45, 7) is 0. The van der Waals surface area contributed by atoms with Crippen LogP contribution in [0.4, 0.5) is 0 Å². The molecule has 2 aromatic heterocycles. The Morgan fingerprint density at radius 1 is 0.383 bits per heavy atom. The fourth-order valence-corrected chi connectivity index (χ4v) is 7.13. The van der Waals surface area contributed by atoms with Crippen molar-refractivity contribution in [3.05, 3.63) is 176 Å². The Balaban J connectivity index is 1.38. The van der Waals surface area contributed by atoms with Crippen LogP contribution in [0, 0.1) is 0 Å². The van der Waals surface area contributed by atoms with Gasteiger partial charge in [-0.05, 0) is 91.3 Å². The van der Waals surface area contributed by atoms with Crippen LogP contribution >= 0.6 is 0 Å². The first-order valence-corrected chi connectivity index (χ1v) is 15.9. The number of benzene rings is 7. The molecule has 3 heteroatoms. The summed E-state index contributed by atoms with van der Waals surface area (Å²) in [6, 6.07) is 58.3. The monoisotopic (exact) mass is 599 g/mol. The van der Waals surface area contributed by atoms with Crippen LogP contribution in [0.25, 0.3) is 83.0 Å². The second kappa shape index (κ2) is 11.2. The summed E-state index contributed by atoms with van der Waals surface area (Å²) in [5.74, 6) is 0.924. The summed E-state index contributed by atoms with van der Waals surface area (Å²) >= 11 is 0. The van der Waals surface area contributed by atoms with Crippen LogP contribution in [0.5, 0.6) is 0 Å². The van der Waals surface area contributed by atoms with E-state index in [1.165, 1.54) is 43.8 Å². The van der Waals surface area contributed by atoms with E-state index in [4.69, 9.17) is 4.98 Å². The first-order chi connectivity index (χ1) is 23.4. The highest BCUT2D eigenvalue weighted by Gasteiger charge is 2.22. The van der Waals surface area contributed by atoms with Gasteiger partial charge in [0.05, 0.1) is 11.0 Å². The molecule has 220 valence electrons. The van der Waals surface area contributed by atoms with Crippen LogP contribution in [0.1, 0.15) is 0 Å². The molecule has 0 unspecified atom stereocenters. The fraction of sp³-hybridized carbons (Fsp3) is 0. The van der Waals surface area contributed by atoms with E-state index in [1.807, 2.05) is 12.4 Å². The number of fused-ring (bicyclic) bond motifs is 3. The van der Waals surface area contributed by atoms with Crippen LogP contribution in [0.15, 0.2) is 176 Å². The first kappa shape index (κ1) is 27.0. The van der Waals surface area contributed by atoms with Gasteiger partial charge >= 0.3 is 0 Å². The number of pyridine rings is 1. The van der Waals surface area contributed by atoms with Gasteiger partial charge in [-0.1, -0.05) is 127 Å². The summed E-state index contributed by atoms with van der Waals surface area (Å²) in [5, 5.41) is 4.85. The number of nitrogens with zero attached hydrogens (tertiary/aromatic N) is 3. The molecule has 0 aliphatic heterocycles. The molecule has 3 nitrogen and oxygen atoms in total. The van der Waals surface area contributed by atoms with Crippen molar-refractivity contribution in [3.8, 4) is 50.5 Å². The highest BCUT2D eigenvalue weighted by atomic mass is 15.1. The predicted octanol–water partition coefficient (Wildman–Crippen LogP) is 11.4. The van der Waals surface area contributed by atoms with Crippen molar-refractivity contribution < 1.29 is 0 Å². The van der Waals surface area contributed by atoms with Crippen molar-refractivity contribution >= 4 is 32.6 Å². The van der Waals surface area contributed by atoms with Crippen molar-refractivity contribution in [1.82, 2.24) is 14.5 Å². The quantitative estimate of drug-likeness (QED) is 0.184. The summed E-state index contributed by atoms with van der Waals surface area (Å²) < 4.78 is 2.29. The average molecular weight is 600 g/mol. The van der Waals surface area contributed by atoms with Crippen LogP contribution < -0.4 is 0 Å². The molecule has 0 spiro atoms. The molecule has 0 bridgehead atoms. The summed E-state index contributed by atoms with van der Waals surface area (Å²) in [7, 11) is 0. The van der Waals surface area contributed by atoms with Crippen LogP contribution in [-0.4, -0.2) is 14.5 Å². The Morgan fingerprint density at radius 3 is 1.47 bits per heavy atom. The normalized spacial score (nSPS) is 11.4. The summed E-state index contributed by atoms with van der Waals surface area (Å²) in [5.41, 5.74) is 11.4. The minimum absolute atomic E-state index is 0.924. The van der Waals surface area contributed by atoms with E-state index in [-0.39, 0.29) is 0 Å². The molecule has 0 aliphatic carbocycles. The van der Waals surface area contributed by atoms with Crippen LogP contribution in [0.2, 0.25) is 0 Å². The number of imidazole rings is 1. The van der Waals surface area contributed by atoms with Crippen molar-refractivity contribution in [1.29, 1.82) is 0 Å². The Hall–Kier alpha value is -6.32. The van der Waals surface area contributed by atoms with Gasteiger partial charge in [0.2, 0.25) is 0 Å². The van der Waals surface area contributed by atoms with Crippen molar-refractivity contribution in [2.24, 2.45) is 0 Å². The summed E-state index contributed by atoms with van der Waals surface area (Å²) in [4.78, 5) is 9.56. The number of hydrogen-bond donors (Lipinski definition) is 0. The van der Waals surface area contributed by atoms with Gasteiger partial charge < -0.3 is 0 Å². The lowest BCUT2D eigenvalue weighted by atomic mass is 9.83. The second-order valence-electron chi connectivity index (χ2n) is 11.8. The molecule has 9 aromatic rings. The third kappa shape index (κ3) is 4.44. The van der Waals surface area contributed by atoms with Crippen LogP contribution in [-0.2, 0) is 0 Å². The van der Waals surface area contributed by atoms with Crippen molar-refractivity contribution in [3.63, 3.8) is 0 Å². The van der Waals surface area contributed by atoms with E-state index in [9.17, 15) is 0 Å². The van der Waals surface area contributed by atoms with E-state index in [0.29, 0.717) is 0 Å². The minimum Gasteiger partial charge on any atom is -0.292 e. The highest BCUT2D eigenvalue weighted by Crippen LogP contribution is 2.48. The molecule has 7 aromatic carbocycles. The highest BCUT2D eigenvalue weighted by molar-refractivity contribution is 6.23. The smallest absolute Gasteiger partial charge is 0.146 e. The Morgan fingerprint density at radius 2 is 0.851 bits per heavy atom. The zero-order chi connectivity index (χ0) is 31.2. The molecule has 0 radical (unpaired) electrons. The van der Waals surface area contributed by atoms with Gasteiger partial charge in [-0.3, -0.25) is 9.55 Å². The number of para-hydroxylation sites is 3. The lowest BCUT2D eigenvalue weighted by Gasteiger charge is -2.21. The molecular formula is C44H29N3. The molecule has 47 heavy (non-hydrogen) atoms. The van der Waals surface area contributed by atoms with Gasteiger partial charge in [0.25, 0.3) is 0 Å².